The van der Waals surface area contributed by atoms with Crippen molar-refractivity contribution in [3.8, 4) is 11.1 Å². The molecular weight excluding hydrogens is 294 g/mol. The standard InChI is InChI=1S/C18H15NO2S/c20-22(21,18-9-5-2-6-10-18)19-17-13-11-16(12-14-17)15-7-3-1-4-8-15/h1-14,19H. The summed E-state index contributed by atoms with van der Waals surface area (Å²) in [5.41, 5.74) is 2.69. The molecule has 0 aliphatic carbocycles. The van der Waals surface area contributed by atoms with Gasteiger partial charge in [-0.1, -0.05) is 60.7 Å². The second-order valence-electron chi connectivity index (χ2n) is 4.86. The maximum atomic E-state index is 12.2. The van der Waals surface area contributed by atoms with Crippen LogP contribution in [0.1, 0.15) is 0 Å². The number of nitrogens with one attached hydrogen (secondary N) is 1. The number of sulfonamides is 1. The van der Waals surface area contributed by atoms with Crippen molar-refractivity contribution in [2.45, 2.75) is 4.90 Å². The largest absolute Gasteiger partial charge is 0.280 e. The first-order chi connectivity index (χ1) is 10.6. The van der Waals surface area contributed by atoms with E-state index in [2.05, 4.69) is 4.72 Å². The van der Waals surface area contributed by atoms with Crippen LogP contribution in [0, 0.1) is 0 Å². The second-order valence-corrected chi connectivity index (χ2v) is 6.54. The van der Waals surface area contributed by atoms with E-state index >= 15 is 0 Å². The lowest BCUT2D eigenvalue weighted by atomic mass is 10.1. The quantitative estimate of drug-likeness (QED) is 0.787. The van der Waals surface area contributed by atoms with Gasteiger partial charge in [-0.3, -0.25) is 4.72 Å². The van der Waals surface area contributed by atoms with Crippen molar-refractivity contribution < 1.29 is 8.42 Å². The highest BCUT2D eigenvalue weighted by Crippen LogP contribution is 2.22. The molecule has 3 aromatic carbocycles. The summed E-state index contributed by atoms with van der Waals surface area (Å²) in [4.78, 5) is 0.252. The van der Waals surface area contributed by atoms with Crippen LogP contribution in [0.5, 0.6) is 0 Å². The molecule has 4 heteroatoms. The Morgan fingerprint density at radius 2 is 1.09 bits per heavy atom. The zero-order valence-electron chi connectivity index (χ0n) is 11.8. The second kappa shape index (κ2) is 6.03. The fourth-order valence-corrected chi connectivity index (χ4v) is 3.25. The van der Waals surface area contributed by atoms with E-state index in [1.54, 1.807) is 42.5 Å². The third-order valence-corrected chi connectivity index (χ3v) is 4.69. The minimum atomic E-state index is -3.54. The van der Waals surface area contributed by atoms with Gasteiger partial charge in [-0.2, -0.15) is 0 Å². The van der Waals surface area contributed by atoms with Gasteiger partial charge >= 0.3 is 0 Å². The Morgan fingerprint density at radius 1 is 0.591 bits per heavy atom. The summed E-state index contributed by atoms with van der Waals surface area (Å²) in [5.74, 6) is 0. The van der Waals surface area contributed by atoms with Crippen molar-refractivity contribution in [3.63, 3.8) is 0 Å². The summed E-state index contributed by atoms with van der Waals surface area (Å²) in [6, 6.07) is 25.6. The monoisotopic (exact) mass is 309 g/mol. The Hall–Kier alpha value is -2.59. The molecule has 0 heterocycles. The zero-order chi connectivity index (χ0) is 15.4. The topological polar surface area (TPSA) is 46.2 Å². The summed E-state index contributed by atoms with van der Waals surface area (Å²) in [7, 11) is -3.54. The molecular formula is C18H15NO2S. The Morgan fingerprint density at radius 3 is 1.68 bits per heavy atom. The van der Waals surface area contributed by atoms with E-state index in [-0.39, 0.29) is 4.90 Å². The number of hydrogen-bond donors (Lipinski definition) is 1. The number of hydrogen-bond acceptors (Lipinski definition) is 2. The van der Waals surface area contributed by atoms with Gasteiger partial charge in [0.15, 0.2) is 0 Å². The summed E-state index contributed by atoms with van der Waals surface area (Å²) >= 11 is 0. The van der Waals surface area contributed by atoms with Gasteiger partial charge in [0.1, 0.15) is 0 Å². The molecule has 110 valence electrons. The van der Waals surface area contributed by atoms with Gasteiger partial charge in [0.05, 0.1) is 4.90 Å². The predicted molar refractivity (Wildman–Crippen MR) is 89.1 cm³/mol. The van der Waals surface area contributed by atoms with Crippen molar-refractivity contribution in [3.05, 3.63) is 84.9 Å². The molecule has 0 unspecified atom stereocenters. The van der Waals surface area contributed by atoms with Gasteiger partial charge in [-0.05, 0) is 35.4 Å². The van der Waals surface area contributed by atoms with Crippen molar-refractivity contribution in [2.75, 3.05) is 4.72 Å². The summed E-state index contributed by atoms with van der Waals surface area (Å²) in [6.45, 7) is 0. The molecule has 0 aromatic heterocycles. The first kappa shape index (κ1) is 14.4. The van der Waals surface area contributed by atoms with Crippen LogP contribution in [-0.4, -0.2) is 8.42 Å². The smallest absolute Gasteiger partial charge is 0.261 e. The van der Waals surface area contributed by atoms with Crippen LogP contribution in [0.15, 0.2) is 89.8 Å². The normalized spacial score (nSPS) is 11.1. The lowest BCUT2D eigenvalue weighted by molar-refractivity contribution is 0.601. The first-order valence-corrected chi connectivity index (χ1v) is 8.37. The Labute approximate surface area is 130 Å². The third-order valence-electron chi connectivity index (χ3n) is 3.30. The van der Waals surface area contributed by atoms with E-state index in [4.69, 9.17) is 0 Å². The molecule has 0 bridgehead atoms. The number of benzene rings is 3. The fourth-order valence-electron chi connectivity index (χ4n) is 2.18. The van der Waals surface area contributed by atoms with Gasteiger partial charge in [-0.15, -0.1) is 0 Å². The van der Waals surface area contributed by atoms with Crippen LogP contribution in [0.3, 0.4) is 0 Å². The van der Waals surface area contributed by atoms with Crippen molar-refractivity contribution in [1.29, 1.82) is 0 Å². The summed E-state index contributed by atoms with van der Waals surface area (Å²) in [6.07, 6.45) is 0. The third kappa shape index (κ3) is 3.18. The zero-order valence-corrected chi connectivity index (χ0v) is 12.6. The molecule has 0 fully saturated rings. The molecule has 0 spiro atoms. The Kier molecular flexibility index (Phi) is 3.94. The van der Waals surface area contributed by atoms with Gasteiger partial charge < -0.3 is 0 Å². The lowest BCUT2D eigenvalue weighted by Gasteiger charge is -2.09. The highest BCUT2D eigenvalue weighted by Gasteiger charge is 2.13. The molecule has 0 atom stereocenters. The van der Waals surface area contributed by atoms with Gasteiger partial charge in [0.2, 0.25) is 0 Å². The van der Waals surface area contributed by atoms with Crippen LogP contribution in [0.4, 0.5) is 5.69 Å². The molecule has 0 saturated heterocycles. The van der Waals surface area contributed by atoms with Crippen LogP contribution in [-0.2, 0) is 10.0 Å². The van der Waals surface area contributed by atoms with E-state index in [0.29, 0.717) is 5.69 Å². The van der Waals surface area contributed by atoms with E-state index in [1.165, 1.54) is 0 Å². The first-order valence-electron chi connectivity index (χ1n) is 6.88. The van der Waals surface area contributed by atoms with Crippen LogP contribution < -0.4 is 4.72 Å². The molecule has 0 amide bonds. The summed E-state index contributed by atoms with van der Waals surface area (Å²) < 4.78 is 27.1. The average Bonchev–Trinajstić information content (AvgIpc) is 2.57. The van der Waals surface area contributed by atoms with Crippen LogP contribution >= 0.6 is 0 Å². The molecule has 22 heavy (non-hydrogen) atoms. The average molecular weight is 309 g/mol. The minimum absolute atomic E-state index is 0.252. The Balaban J connectivity index is 1.83. The predicted octanol–water partition coefficient (Wildman–Crippen LogP) is 4.15. The van der Waals surface area contributed by atoms with E-state index in [1.807, 2.05) is 42.5 Å². The highest BCUT2D eigenvalue weighted by molar-refractivity contribution is 7.92. The van der Waals surface area contributed by atoms with Crippen molar-refractivity contribution in [2.24, 2.45) is 0 Å². The summed E-state index contributed by atoms with van der Waals surface area (Å²) in [5, 5.41) is 0. The van der Waals surface area contributed by atoms with Gasteiger partial charge in [0, 0.05) is 5.69 Å². The van der Waals surface area contributed by atoms with Gasteiger partial charge in [-0.25, -0.2) is 8.42 Å². The number of rotatable bonds is 4. The lowest BCUT2D eigenvalue weighted by Crippen LogP contribution is -2.12. The molecule has 3 aromatic rings. The molecule has 0 saturated carbocycles. The van der Waals surface area contributed by atoms with Crippen LogP contribution in [0.25, 0.3) is 11.1 Å². The number of anilines is 1. The minimum Gasteiger partial charge on any atom is -0.280 e. The molecule has 3 rings (SSSR count). The Bertz CT molecular complexity index is 843. The maximum absolute atomic E-state index is 12.2. The fraction of sp³-hybridized carbons (Fsp3) is 0. The highest BCUT2D eigenvalue weighted by atomic mass is 32.2. The molecule has 1 N–H and O–H groups in total. The van der Waals surface area contributed by atoms with Crippen molar-refractivity contribution in [1.82, 2.24) is 0 Å². The maximum Gasteiger partial charge on any atom is 0.261 e. The van der Waals surface area contributed by atoms with E-state index in [9.17, 15) is 8.42 Å². The molecule has 0 radical (unpaired) electrons. The van der Waals surface area contributed by atoms with Crippen LogP contribution in [0.2, 0.25) is 0 Å². The SMILES string of the molecule is O=S(=O)(Nc1ccc(-c2ccccc2)cc1)c1ccccc1. The van der Waals surface area contributed by atoms with Gasteiger partial charge in [0.25, 0.3) is 10.0 Å². The van der Waals surface area contributed by atoms with Crippen molar-refractivity contribution >= 4 is 15.7 Å². The molecule has 3 nitrogen and oxygen atoms in total. The molecule has 0 aliphatic rings. The van der Waals surface area contributed by atoms with E-state index in [0.717, 1.165) is 11.1 Å². The molecule has 0 aliphatic heterocycles. The van der Waals surface area contributed by atoms with E-state index < -0.39 is 10.0 Å².